The summed E-state index contributed by atoms with van der Waals surface area (Å²) >= 11 is 0. The molecule has 0 spiro atoms. The van der Waals surface area contributed by atoms with E-state index >= 15 is 0 Å². The van der Waals surface area contributed by atoms with Crippen LogP contribution in [0.4, 0.5) is 4.79 Å². The van der Waals surface area contributed by atoms with Crippen LogP contribution >= 0.6 is 0 Å². The van der Waals surface area contributed by atoms with Crippen LogP contribution in [0, 0.1) is 0 Å². The third kappa shape index (κ3) is 4.57. The summed E-state index contributed by atoms with van der Waals surface area (Å²) in [5.41, 5.74) is 2.50. The molecule has 7 nitrogen and oxygen atoms in total. The number of aryl methyl sites for hydroxylation is 1. The molecule has 0 fully saturated rings. The predicted octanol–water partition coefficient (Wildman–Crippen LogP) is 1.12. The zero-order valence-corrected chi connectivity index (χ0v) is 13.5. The fraction of sp³-hybridized carbons (Fsp3) is 0.312. The largest absolute Gasteiger partial charge is 0.355 e. The van der Waals surface area contributed by atoms with Gasteiger partial charge in [0.25, 0.3) is 5.91 Å². The zero-order valence-electron chi connectivity index (χ0n) is 13.5. The lowest BCUT2D eigenvalue weighted by molar-refractivity contribution is 0.0963. The van der Waals surface area contributed by atoms with Crippen LogP contribution in [-0.2, 0) is 20.1 Å². The molecule has 2 rings (SSSR count). The van der Waals surface area contributed by atoms with Crippen molar-refractivity contribution < 1.29 is 9.59 Å². The van der Waals surface area contributed by atoms with Gasteiger partial charge in [0.1, 0.15) is 0 Å². The van der Waals surface area contributed by atoms with Gasteiger partial charge in [-0.15, -0.1) is 0 Å². The van der Waals surface area contributed by atoms with Crippen LogP contribution in [0.15, 0.2) is 36.7 Å². The van der Waals surface area contributed by atoms with E-state index in [1.165, 1.54) is 0 Å². The third-order valence-corrected chi connectivity index (χ3v) is 3.41. The molecule has 0 unspecified atom stereocenters. The van der Waals surface area contributed by atoms with Crippen molar-refractivity contribution in [2.24, 2.45) is 7.05 Å². The number of urea groups is 1. The van der Waals surface area contributed by atoms with Crippen molar-refractivity contribution in [1.82, 2.24) is 25.3 Å². The van der Waals surface area contributed by atoms with Crippen molar-refractivity contribution in [3.05, 3.63) is 53.3 Å². The highest BCUT2D eigenvalue weighted by atomic mass is 16.2. The molecule has 23 heavy (non-hydrogen) atoms. The maximum absolute atomic E-state index is 12.1. The number of aromatic nitrogens is 2. The number of nitrogens with one attached hydrogen (secondary N) is 2. The average Bonchev–Trinajstić information content (AvgIpc) is 2.97. The van der Waals surface area contributed by atoms with Crippen molar-refractivity contribution in [3.63, 3.8) is 0 Å². The molecule has 0 saturated heterocycles. The average molecular weight is 315 g/mol. The van der Waals surface area contributed by atoms with Gasteiger partial charge in [0, 0.05) is 45.0 Å². The van der Waals surface area contributed by atoms with Gasteiger partial charge in [0.05, 0.1) is 12.7 Å². The summed E-state index contributed by atoms with van der Waals surface area (Å²) in [4.78, 5) is 25.1. The number of rotatable bonds is 5. The van der Waals surface area contributed by atoms with E-state index in [-0.39, 0.29) is 11.9 Å². The molecule has 0 radical (unpaired) electrons. The number of benzene rings is 1. The third-order valence-electron chi connectivity index (χ3n) is 3.41. The Balaban J connectivity index is 1.84. The number of carbonyl (C=O) groups excluding carboxylic acids is 2. The Morgan fingerprint density at radius 3 is 2.48 bits per heavy atom. The van der Waals surface area contributed by atoms with Crippen LogP contribution in [0.5, 0.6) is 0 Å². The van der Waals surface area contributed by atoms with E-state index in [2.05, 4.69) is 15.7 Å². The highest BCUT2D eigenvalue weighted by Gasteiger charge is 2.10. The Labute approximate surface area is 135 Å². The quantitative estimate of drug-likeness (QED) is 0.868. The first-order chi connectivity index (χ1) is 11.0. The number of nitrogens with zero attached hydrogens (tertiary/aromatic N) is 3. The number of amides is 3. The van der Waals surface area contributed by atoms with Crippen molar-refractivity contribution in [2.45, 2.75) is 13.1 Å². The molecule has 0 aliphatic rings. The molecule has 1 aromatic carbocycles. The van der Waals surface area contributed by atoms with Crippen molar-refractivity contribution >= 4 is 11.9 Å². The molecule has 0 bridgehead atoms. The van der Waals surface area contributed by atoms with Gasteiger partial charge in [-0.2, -0.15) is 5.10 Å². The lowest BCUT2D eigenvalue weighted by Crippen LogP contribution is -2.36. The minimum Gasteiger partial charge on any atom is -0.355 e. The van der Waals surface area contributed by atoms with E-state index in [0.29, 0.717) is 18.7 Å². The monoisotopic (exact) mass is 315 g/mol. The standard InChI is InChI=1S/C16H21N5O2/c1-17-15(22)14-6-4-12(5-7-14)8-18-16(23)20(2)10-13-9-19-21(3)11-13/h4-7,9,11H,8,10H2,1-3H3,(H,17,22)(H,18,23). The molecular formula is C16H21N5O2. The van der Waals surface area contributed by atoms with Gasteiger partial charge in [-0.1, -0.05) is 12.1 Å². The molecule has 2 aromatic rings. The molecule has 2 N–H and O–H groups in total. The molecule has 0 aliphatic carbocycles. The summed E-state index contributed by atoms with van der Waals surface area (Å²) < 4.78 is 1.70. The maximum Gasteiger partial charge on any atom is 0.317 e. The van der Waals surface area contributed by atoms with Crippen molar-refractivity contribution in [2.75, 3.05) is 14.1 Å². The van der Waals surface area contributed by atoms with Gasteiger partial charge in [0.2, 0.25) is 0 Å². The lowest BCUT2D eigenvalue weighted by Gasteiger charge is -2.17. The minimum atomic E-state index is -0.163. The van der Waals surface area contributed by atoms with Crippen LogP contribution in [0.25, 0.3) is 0 Å². The summed E-state index contributed by atoms with van der Waals surface area (Å²) in [5.74, 6) is -0.128. The second-order valence-electron chi connectivity index (χ2n) is 5.31. The van der Waals surface area contributed by atoms with Gasteiger partial charge in [-0.3, -0.25) is 9.48 Å². The van der Waals surface area contributed by atoms with Gasteiger partial charge < -0.3 is 15.5 Å². The first-order valence-corrected chi connectivity index (χ1v) is 7.27. The van der Waals surface area contributed by atoms with Crippen molar-refractivity contribution in [1.29, 1.82) is 0 Å². The second kappa shape index (κ2) is 7.44. The smallest absolute Gasteiger partial charge is 0.317 e. The van der Waals surface area contributed by atoms with Crippen LogP contribution in [-0.4, -0.2) is 40.7 Å². The highest BCUT2D eigenvalue weighted by molar-refractivity contribution is 5.93. The molecule has 7 heteroatoms. The fourth-order valence-corrected chi connectivity index (χ4v) is 2.13. The van der Waals surface area contributed by atoms with Crippen molar-refractivity contribution in [3.8, 4) is 0 Å². The van der Waals surface area contributed by atoms with Crippen LogP contribution in [0.2, 0.25) is 0 Å². The molecule has 1 aromatic heterocycles. The van der Waals surface area contributed by atoms with Gasteiger partial charge in [-0.05, 0) is 17.7 Å². The molecule has 3 amide bonds. The Hall–Kier alpha value is -2.83. The highest BCUT2D eigenvalue weighted by Crippen LogP contribution is 2.05. The summed E-state index contributed by atoms with van der Waals surface area (Å²) in [7, 11) is 5.16. The van der Waals surface area contributed by atoms with Crippen LogP contribution < -0.4 is 10.6 Å². The molecule has 0 saturated carbocycles. The van der Waals surface area contributed by atoms with E-state index < -0.39 is 0 Å². The Morgan fingerprint density at radius 2 is 1.91 bits per heavy atom. The van der Waals surface area contributed by atoms with E-state index in [1.807, 2.05) is 25.4 Å². The Bertz CT molecular complexity index is 678. The van der Waals surface area contributed by atoms with E-state index in [1.54, 1.807) is 42.0 Å². The fourth-order valence-electron chi connectivity index (χ4n) is 2.13. The maximum atomic E-state index is 12.1. The summed E-state index contributed by atoms with van der Waals surface area (Å²) in [6.45, 7) is 0.902. The molecule has 1 heterocycles. The number of hydrogen-bond acceptors (Lipinski definition) is 3. The summed E-state index contributed by atoms with van der Waals surface area (Å²) in [5, 5.41) is 9.49. The minimum absolute atomic E-state index is 0.128. The molecule has 122 valence electrons. The van der Waals surface area contributed by atoms with Crippen LogP contribution in [0.1, 0.15) is 21.5 Å². The number of hydrogen-bond donors (Lipinski definition) is 2. The van der Waals surface area contributed by atoms with Gasteiger partial charge in [0.15, 0.2) is 0 Å². The zero-order chi connectivity index (χ0) is 16.8. The molecular weight excluding hydrogens is 294 g/mol. The van der Waals surface area contributed by atoms with E-state index in [4.69, 9.17) is 0 Å². The Kier molecular flexibility index (Phi) is 5.35. The molecule has 0 aliphatic heterocycles. The normalized spacial score (nSPS) is 10.2. The van der Waals surface area contributed by atoms with Gasteiger partial charge in [-0.25, -0.2) is 4.79 Å². The second-order valence-corrected chi connectivity index (χ2v) is 5.31. The van der Waals surface area contributed by atoms with E-state index in [0.717, 1.165) is 11.1 Å². The van der Waals surface area contributed by atoms with Gasteiger partial charge >= 0.3 is 6.03 Å². The van der Waals surface area contributed by atoms with Crippen LogP contribution in [0.3, 0.4) is 0 Å². The van der Waals surface area contributed by atoms with E-state index in [9.17, 15) is 9.59 Å². The number of carbonyl (C=O) groups is 2. The summed E-state index contributed by atoms with van der Waals surface area (Å²) in [6.07, 6.45) is 3.61. The predicted molar refractivity (Wildman–Crippen MR) is 86.7 cm³/mol. The SMILES string of the molecule is CNC(=O)c1ccc(CNC(=O)N(C)Cc2cnn(C)c2)cc1. The molecule has 0 atom stereocenters. The lowest BCUT2D eigenvalue weighted by atomic mass is 10.1. The summed E-state index contributed by atoms with van der Waals surface area (Å²) in [6, 6.07) is 6.96. The first-order valence-electron chi connectivity index (χ1n) is 7.27. The Morgan fingerprint density at radius 1 is 1.22 bits per heavy atom. The first kappa shape index (κ1) is 16.5. The topological polar surface area (TPSA) is 79.3 Å².